The molecule has 1 atom stereocenters. The predicted molar refractivity (Wildman–Crippen MR) is 132 cm³/mol. The van der Waals surface area contributed by atoms with E-state index in [0.29, 0.717) is 41.2 Å². The lowest BCUT2D eigenvalue weighted by molar-refractivity contribution is 0.0714. The van der Waals surface area contributed by atoms with E-state index < -0.39 is 6.04 Å². The third kappa shape index (κ3) is 4.05. The first kappa shape index (κ1) is 22.4. The summed E-state index contributed by atoms with van der Waals surface area (Å²) in [4.78, 5) is 33.1. The second kappa shape index (κ2) is 9.46. The Balaban J connectivity index is 1.69. The van der Waals surface area contributed by atoms with Crippen molar-refractivity contribution >= 4 is 16.9 Å². The van der Waals surface area contributed by atoms with Crippen molar-refractivity contribution in [2.24, 2.45) is 0 Å². The number of fused-ring (bicyclic) bond motifs is 2. The second-order valence-corrected chi connectivity index (χ2v) is 8.11. The van der Waals surface area contributed by atoms with Crippen LogP contribution in [-0.4, -0.2) is 29.0 Å². The second-order valence-electron chi connectivity index (χ2n) is 8.11. The molecular formula is C28H24N2O5. The van der Waals surface area contributed by atoms with E-state index in [1.54, 1.807) is 53.7 Å². The number of nitrogens with zero attached hydrogens (tertiary/aromatic N) is 2. The van der Waals surface area contributed by atoms with Crippen LogP contribution >= 0.6 is 0 Å². The van der Waals surface area contributed by atoms with E-state index in [0.717, 1.165) is 11.1 Å². The zero-order valence-electron chi connectivity index (χ0n) is 19.3. The normalized spacial score (nSPS) is 14.7. The summed E-state index contributed by atoms with van der Waals surface area (Å²) in [5.74, 6) is 0.804. The minimum absolute atomic E-state index is 0.0625. The van der Waals surface area contributed by atoms with Gasteiger partial charge in [0.1, 0.15) is 12.2 Å². The molecule has 0 N–H and O–H groups in total. The van der Waals surface area contributed by atoms with Crippen LogP contribution in [0.1, 0.15) is 40.2 Å². The SMILES string of the molecule is C=CCOc1ccc(C2c3c(oc4ccccc4c3=O)C(=O)N2Cc2cccnc2)cc1OCC. The van der Waals surface area contributed by atoms with Crippen molar-refractivity contribution in [1.82, 2.24) is 9.88 Å². The molecule has 0 fully saturated rings. The quantitative estimate of drug-likeness (QED) is 0.342. The van der Waals surface area contributed by atoms with Gasteiger partial charge in [-0.2, -0.15) is 0 Å². The number of amides is 1. The topological polar surface area (TPSA) is 81.9 Å². The zero-order valence-corrected chi connectivity index (χ0v) is 19.3. The Hall–Kier alpha value is -4.39. The summed E-state index contributed by atoms with van der Waals surface area (Å²) < 4.78 is 17.6. The number of ether oxygens (including phenoxy) is 2. The number of hydrogen-bond donors (Lipinski definition) is 0. The summed E-state index contributed by atoms with van der Waals surface area (Å²) >= 11 is 0. The van der Waals surface area contributed by atoms with Crippen molar-refractivity contribution in [3.05, 3.63) is 112 Å². The molecule has 0 radical (unpaired) electrons. The number of benzene rings is 2. The van der Waals surface area contributed by atoms with Gasteiger partial charge in [0.05, 0.1) is 23.6 Å². The summed E-state index contributed by atoms with van der Waals surface area (Å²) in [6.07, 6.45) is 5.04. The van der Waals surface area contributed by atoms with Gasteiger partial charge in [0.25, 0.3) is 5.91 Å². The van der Waals surface area contributed by atoms with E-state index in [2.05, 4.69) is 11.6 Å². The Morgan fingerprint density at radius 1 is 1.09 bits per heavy atom. The molecule has 0 aliphatic carbocycles. The van der Waals surface area contributed by atoms with Crippen LogP contribution in [0.5, 0.6) is 11.5 Å². The highest BCUT2D eigenvalue weighted by atomic mass is 16.5. The zero-order chi connectivity index (χ0) is 24.4. The monoisotopic (exact) mass is 468 g/mol. The van der Waals surface area contributed by atoms with Crippen LogP contribution in [0.2, 0.25) is 0 Å². The minimum atomic E-state index is -0.661. The molecule has 35 heavy (non-hydrogen) atoms. The average molecular weight is 469 g/mol. The van der Waals surface area contributed by atoms with Gasteiger partial charge in [-0.25, -0.2) is 0 Å². The molecule has 1 amide bonds. The maximum Gasteiger partial charge on any atom is 0.291 e. The van der Waals surface area contributed by atoms with Crippen LogP contribution in [-0.2, 0) is 6.54 Å². The fourth-order valence-corrected chi connectivity index (χ4v) is 4.40. The summed E-state index contributed by atoms with van der Waals surface area (Å²) in [5.41, 5.74) is 2.04. The Morgan fingerprint density at radius 2 is 1.94 bits per heavy atom. The summed E-state index contributed by atoms with van der Waals surface area (Å²) in [6, 6.07) is 15.5. The van der Waals surface area contributed by atoms with Gasteiger partial charge in [-0.1, -0.05) is 36.9 Å². The van der Waals surface area contributed by atoms with Crippen molar-refractivity contribution in [2.45, 2.75) is 19.5 Å². The van der Waals surface area contributed by atoms with Crippen molar-refractivity contribution in [3.8, 4) is 11.5 Å². The van der Waals surface area contributed by atoms with Crippen LogP contribution in [0.25, 0.3) is 11.0 Å². The van der Waals surface area contributed by atoms with Gasteiger partial charge >= 0.3 is 0 Å². The van der Waals surface area contributed by atoms with Crippen LogP contribution in [0.3, 0.4) is 0 Å². The van der Waals surface area contributed by atoms with E-state index in [-0.39, 0.29) is 23.6 Å². The lowest BCUT2D eigenvalue weighted by Gasteiger charge is -2.26. The van der Waals surface area contributed by atoms with Gasteiger partial charge in [-0.3, -0.25) is 14.6 Å². The average Bonchev–Trinajstić information content (AvgIpc) is 3.15. The van der Waals surface area contributed by atoms with Crippen LogP contribution in [0.15, 0.2) is 88.9 Å². The molecule has 7 nitrogen and oxygen atoms in total. The van der Waals surface area contributed by atoms with Crippen LogP contribution < -0.4 is 14.9 Å². The van der Waals surface area contributed by atoms with Crippen molar-refractivity contribution in [3.63, 3.8) is 0 Å². The third-order valence-electron chi connectivity index (χ3n) is 5.89. The maximum atomic E-state index is 13.6. The lowest BCUT2D eigenvalue weighted by Crippen LogP contribution is -2.29. The standard InChI is InChI=1S/C28H24N2O5/c1-3-14-34-22-12-11-19(15-23(22)33-4-2)25-24-26(31)20-9-5-6-10-21(20)35-27(24)28(32)30(25)17-18-8-7-13-29-16-18/h3,5-13,15-16,25H,1,4,14,17H2,2H3. The molecule has 4 aromatic rings. The minimum Gasteiger partial charge on any atom is -0.490 e. The molecular weight excluding hydrogens is 444 g/mol. The number of carbonyl (C=O) groups excluding carboxylic acids is 1. The smallest absolute Gasteiger partial charge is 0.291 e. The Labute approximate surface area is 202 Å². The number of pyridine rings is 1. The summed E-state index contributed by atoms with van der Waals surface area (Å²) in [6.45, 7) is 6.59. The van der Waals surface area contributed by atoms with E-state index in [1.165, 1.54) is 0 Å². The van der Waals surface area contributed by atoms with Gasteiger partial charge in [-0.15, -0.1) is 0 Å². The van der Waals surface area contributed by atoms with Gasteiger partial charge < -0.3 is 18.8 Å². The first-order valence-corrected chi connectivity index (χ1v) is 11.4. The van der Waals surface area contributed by atoms with Gasteiger partial charge in [0.15, 0.2) is 16.9 Å². The molecule has 0 saturated heterocycles. The summed E-state index contributed by atoms with van der Waals surface area (Å²) in [7, 11) is 0. The third-order valence-corrected chi connectivity index (χ3v) is 5.89. The number of carbonyl (C=O) groups is 1. The highest BCUT2D eigenvalue weighted by Crippen LogP contribution is 2.41. The highest BCUT2D eigenvalue weighted by Gasteiger charge is 2.43. The van der Waals surface area contributed by atoms with Crippen molar-refractivity contribution < 1.29 is 18.7 Å². The van der Waals surface area contributed by atoms with Crippen LogP contribution in [0.4, 0.5) is 0 Å². The molecule has 0 saturated carbocycles. The number of aromatic nitrogens is 1. The molecule has 2 aromatic heterocycles. The Kier molecular flexibility index (Phi) is 6.06. The Bertz CT molecular complexity index is 1460. The first-order chi connectivity index (χ1) is 17.1. The number of para-hydroxylation sites is 1. The number of hydrogen-bond acceptors (Lipinski definition) is 6. The fourth-order valence-electron chi connectivity index (χ4n) is 4.40. The molecule has 176 valence electrons. The number of rotatable bonds is 8. The van der Waals surface area contributed by atoms with Gasteiger partial charge in [0, 0.05) is 18.9 Å². The predicted octanol–water partition coefficient (Wildman–Crippen LogP) is 4.90. The molecule has 3 heterocycles. The van der Waals surface area contributed by atoms with E-state index in [4.69, 9.17) is 13.9 Å². The summed E-state index contributed by atoms with van der Waals surface area (Å²) in [5, 5.41) is 0.434. The van der Waals surface area contributed by atoms with Crippen molar-refractivity contribution in [1.29, 1.82) is 0 Å². The highest BCUT2D eigenvalue weighted by molar-refractivity contribution is 5.99. The molecule has 0 spiro atoms. The van der Waals surface area contributed by atoms with Crippen molar-refractivity contribution in [2.75, 3.05) is 13.2 Å². The molecule has 1 aliphatic rings. The molecule has 7 heteroatoms. The largest absolute Gasteiger partial charge is 0.490 e. The van der Waals surface area contributed by atoms with E-state index in [1.807, 2.05) is 31.2 Å². The first-order valence-electron chi connectivity index (χ1n) is 11.4. The van der Waals surface area contributed by atoms with E-state index >= 15 is 0 Å². The maximum absolute atomic E-state index is 13.6. The molecule has 2 aromatic carbocycles. The molecule has 1 aliphatic heterocycles. The Morgan fingerprint density at radius 3 is 2.71 bits per heavy atom. The van der Waals surface area contributed by atoms with Crippen LogP contribution in [0, 0.1) is 0 Å². The van der Waals surface area contributed by atoms with Gasteiger partial charge in [0.2, 0.25) is 5.76 Å². The van der Waals surface area contributed by atoms with E-state index in [9.17, 15) is 9.59 Å². The van der Waals surface area contributed by atoms with Gasteiger partial charge in [-0.05, 0) is 48.4 Å². The molecule has 0 bridgehead atoms. The molecule has 1 unspecified atom stereocenters. The lowest BCUT2D eigenvalue weighted by atomic mass is 9.98. The fraction of sp³-hybridized carbons (Fsp3) is 0.179. The molecule has 5 rings (SSSR count).